The molecule has 4 rings (SSSR count). The van der Waals surface area contributed by atoms with Crippen LogP contribution >= 0.6 is 0 Å². The van der Waals surface area contributed by atoms with E-state index in [-0.39, 0.29) is 0 Å². The molecule has 0 aliphatic carbocycles. The Hall–Kier alpha value is -2.24. The van der Waals surface area contributed by atoms with Gasteiger partial charge in [0.2, 0.25) is 0 Å². The summed E-state index contributed by atoms with van der Waals surface area (Å²) in [4.78, 5) is 9.56. The molecule has 0 bridgehead atoms. The summed E-state index contributed by atoms with van der Waals surface area (Å²) in [6, 6.07) is 10.7. The van der Waals surface area contributed by atoms with Crippen molar-refractivity contribution in [3.8, 4) is 0 Å². The number of pyridine rings is 1. The summed E-state index contributed by atoms with van der Waals surface area (Å²) in [5.74, 6) is 0.616. The third-order valence-electron chi connectivity index (χ3n) is 5.29. The highest BCUT2D eigenvalue weighted by Gasteiger charge is 2.22. The molecule has 3 heterocycles. The second-order valence-electron chi connectivity index (χ2n) is 7.58. The highest BCUT2D eigenvalue weighted by molar-refractivity contribution is 5.81. The highest BCUT2D eigenvalue weighted by atomic mass is 15.3. The lowest BCUT2D eigenvalue weighted by molar-refractivity contribution is 0.249. The summed E-state index contributed by atoms with van der Waals surface area (Å²) in [7, 11) is 4.22. The molecule has 0 saturated carbocycles. The molecule has 0 N–H and O–H groups in total. The van der Waals surface area contributed by atoms with Crippen LogP contribution in [0.1, 0.15) is 11.1 Å². The Morgan fingerprint density at radius 3 is 2.85 bits per heavy atom. The first-order chi connectivity index (χ1) is 12.7. The van der Waals surface area contributed by atoms with E-state index in [1.54, 1.807) is 0 Å². The minimum Gasteiger partial charge on any atom is -0.305 e. The van der Waals surface area contributed by atoms with Crippen molar-refractivity contribution in [2.45, 2.75) is 13.0 Å². The van der Waals surface area contributed by atoms with Crippen LogP contribution in [0.3, 0.4) is 0 Å². The smallest absolute Gasteiger partial charge is 0.0704 e. The van der Waals surface area contributed by atoms with Gasteiger partial charge in [-0.2, -0.15) is 5.10 Å². The van der Waals surface area contributed by atoms with Gasteiger partial charge in [-0.25, -0.2) is 0 Å². The number of aromatic nitrogens is 3. The quantitative estimate of drug-likeness (QED) is 0.725. The Morgan fingerprint density at radius 2 is 2.00 bits per heavy atom. The van der Waals surface area contributed by atoms with E-state index < -0.39 is 0 Å². The van der Waals surface area contributed by atoms with Crippen LogP contribution < -0.4 is 0 Å². The molecule has 26 heavy (non-hydrogen) atoms. The number of fused-ring (bicyclic) bond motifs is 1. The summed E-state index contributed by atoms with van der Waals surface area (Å²) >= 11 is 0. The zero-order valence-electron chi connectivity index (χ0n) is 15.7. The number of nitrogens with zero attached hydrogens (tertiary/aromatic N) is 5. The Bertz CT molecular complexity index is 866. The van der Waals surface area contributed by atoms with Gasteiger partial charge in [0.25, 0.3) is 0 Å². The van der Waals surface area contributed by atoms with E-state index in [0.717, 1.165) is 44.7 Å². The lowest BCUT2D eigenvalue weighted by atomic mass is 9.95. The third kappa shape index (κ3) is 3.94. The number of likely N-dealkylation sites (N-methyl/N-ethyl adjacent to an activating group) is 1. The van der Waals surface area contributed by atoms with Gasteiger partial charge in [0.1, 0.15) is 0 Å². The molecule has 2 aromatic heterocycles. The molecule has 0 amide bonds. The van der Waals surface area contributed by atoms with Crippen molar-refractivity contribution in [3.63, 3.8) is 0 Å². The van der Waals surface area contributed by atoms with Crippen molar-refractivity contribution >= 4 is 10.9 Å². The van der Waals surface area contributed by atoms with Gasteiger partial charge in [0, 0.05) is 63.1 Å². The van der Waals surface area contributed by atoms with E-state index in [1.807, 2.05) is 30.2 Å². The second-order valence-corrected chi connectivity index (χ2v) is 7.58. The molecule has 136 valence electrons. The zero-order chi connectivity index (χ0) is 17.9. The van der Waals surface area contributed by atoms with Crippen LogP contribution in [-0.4, -0.2) is 57.8 Å². The number of benzene rings is 1. The first-order valence-electron chi connectivity index (χ1n) is 9.38. The number of rotatable bonds is 4. The third-order valence-corrected chi connectivity index (χ3v) is 5.29. The van der Waals surface area contributed by atoms with Crippen molar-refractivity contribution in [2.75, 3.05) is 33.2 Å². The Kier molecular flexibility index (Phi) is 5.00. The van der Waals surface area contributed by atoms with Crippen molar-refractivity contribution in [1.29, 1.82) is 0 Å². The molecule has 3 aromatic rings. The van der Waals surface area contributed by atoms with E-state index >= 15 is 0 Å². The fourth-order valence-corrected chi connectivity index (χ4v) is 4.10. The van der Waals surface area contributed by atoms with Crippen LogP contribution in [0.5, 0.6) is 0 Å². The number of hydrogen-bond acceptors (Lipinski definition) is 4. The van der Waals surface area contributed by atoms with Gasteiger partial charge in [-0.15, -0.1) is 0 Å². The van der Waals surface area contributed by atoms with Crippen LogP contribution in [0.25, 0.3) is 10.9 Å². The fraction of sp³-hybridized carbons (Fsp3) is 0.429. The Morgan fingerprint density at radius 1 is 1.08 bits per heavy atom. The van der Waals surface area contributed by atoms with E-state index in [2.05, 4.69) is 57.4 Å². The van der Waals surface area contributed by atoms with Crippen molar-refractivity contribution < 1.29 is 0 Å². The molecule has 1 atom stereocenters. The molecular formula is C21H27N5. The van der Waals surface area contributed by atoms with E-state index in [1.165, 1.54) is 16.5 Å². The standard InChI is InChI=1S/C21H27N5/c1-24-9-10-26(16-18-12-23-25(2)14-18)15-17(13-24)11-19-5-3-7-21-20(19)6-4-8-22-21/h3-8,12,14,17H,9-11,13,15-16H2,1-2H3. The molecule has 1 saturated heterocycles. The molecule has 1 aliphatic heterocycles. The monoisotopic (exact) mass is 349 g/mol. The molecule has 1 aliphatic rings. The predicted octanol–water partition coefficient (Wildman–Crippen LogP) is 2.57. The number of hydrogen-bond donors (Lipinski definition) is 0. The normalized spacial score (nSPS) is 19.7. The maximum Gasteiger partial charge on any atom is 0.0704 e. The minimum atomic E-state index is 0.616. The van der Waals surface area contributed by atoms with Crippen molar-refractivity contribution in [2.24, 2.45) is 13.0 Å². The van der Waals surface area contributed by atoms with Crippen molar-refractivity contribution in [1.82, 2.24) is 24.6 Å². The lowest BCUT2D eigenvalue weighted by Gasteiger charge is -2.24. The maximum absolute atomic E-state index is 4.51. The van der Waals surface area contributed by atoms with Crippen LogP contribution in [0.4, 0.5) is 0 Å². The van der Waals surface area contributed by atoms with Gasteiger partial charge in [0.15, 0.2) is 0 Å². The largest absolute Gasteiger partial charge is 0.305 e. The van der Waals surface area contributed by atoms with E-state index in [4.69, 9.17) is 0 Å². The second kappa shape index (κ2) is 7.56. The Balaban J connectivity index is 1.52. The highest BCUT2D eigenvalue weighted by Crippen LogP contribution is 2.22. The minimum absolute atomic E-state index is 0.616. The van der Waals surface area contributed by atoms with Gasteiger partial charge >= 0.3 is 0 Å². The summed E-state index contributed by atoms with van der Waals surface area (Å²) in [5.41, 5.74) is 3.81. The maximum atomic E-state index is 4.51. The molecule has 5 heteroatoms. The molecule has 0 radical (unpaired) electrons. The molecule has 1 aromatic carbocycles. The molecule has 5 nitrogen and oxygen atoms in total. The average molecular weight is 349 g/mol. The van der Waals surface area contributed by atoms with E-state index in [0.29, 0.717) is 5.92 Å². The predicted molar refractivity (Wildman–Crippen MR) is 105 cm³/mol. The fourth-order valence-electron chi connectivity index (χ4n) is 4.10. The summed E-state index contributed by atoms with van der Waals surface area (Å²) < 4.78 is 1.89. The molecular weight excluding hydrogens is 322 g/mol. The van der Waals surface area contributed by atoms with Gasteiger partial charge in [-0.1, -0.05) is 18.2 Å². The lowest BCUT2D eigenvalue weighted by Crippen LogP contribution is -2.30. The van der Waals surface area contributed by atoms with Crippen LogP contribution in [0, 0.1) is 5.92 Å². The zero-order valence-corrected chi connectivity index (χ0v) is 15.7. The summed E-state index contributed by atoms with van der Waals surface area (Å²) in [5, 5.41) is 5.61. The van der Waals surface area contributed by atoms with E-state index in [9.17, 15) is 0 Å². The SMILES string of the molecule is CN1CCN(Cc2cnn(C)c2)CC(Cc2cccc3ncccc23)C1. The topological polar surface area (TPSA) is 37.2 Å². The molecule has 1 unspecified atom stereocenters. The first kappa shape index (κ1) is 17.2. The molecule has 0 spiro atoms. The molecule has 1 fully saturated rings. The number of aryl methyl sites for hydroxylation is 1. The van der Waals surface area contributed by atoms with Crippen LogP contribution in [0.15, 0.2) is 48.9 Å². The van der Waals surface area contributed by atoms with Gasteiger partial charge in [0.05, 0.1) is 11.7 Å². The summed E-state index contributed by atoms with van der Waals surface area (Å²) in [6.07, 6.45) is 7.08. The van der Waals surface area contributed by atoms with Gasteiger partial charge < -0.3 is 4.90 Å². The van der Waals surface area contributed by atoms with Crippen molar-refractivity contribution in [3.05, 3.63) is 60.0 Å². The van der Waals surface area contributed by atoms with Gasteiger partial charge in [-0.05, 0) is 37.1 Å². The average Bonchev–Trinajstić information content (AvgIpc) is 2.96. The Labute approximate surface area is 155 Å². The first-order valence-corrected chi connectivity index (χ1v) is 9.38. The van der Waals surface area contributed by atoms with Gasteiger partial charge in [-0.3, -0.25) is 14.6 Å². The van der Waals surface area contributed by atoms with Crippen LogP contribution in [-0.2, 0) is 20.0 Å². The summed E-state index contributed by atoms with van der Waals surface area (Å²) in [6.45, 7) is 5.47. The van der Waals surface area contributed by atoms with Crippen LogP contribution in [0.2, 0.25) is 0 Å².